The number of benzene rings is 1. The first kappa shape index (κ1) is 17.4. The average molecular weight is 359 g/mol. The fourth-order valence-electron chi connectivity index (χ4n) is 3.07. The maximum absolute atomic E-state index is 12.5. The number of carbonyl (C=O) groups excluding carboxylic acids is 2. The van der Waals surface area contributed by atoms with Gasteiger partial charge in [0.15, 0.2) is 5.78 Å². The van der Waals surface area contributed by atoms with Crippen LogP contribution in [0.15, 0.2) is 29.1 Å². The molecule has 0 radical (unpaired) electrons. The highest BCUT2D eigenvalue weighted by molar-refractivity contribution is 6.31. The molecule has 0 unspecified atom stereocenters. The van der Waals surface area contributed by atoms with Crippen molar-refractivity contribution in [1.82, 2.24) is 4.98 Å². The van der Waals surface area contributed by atoms with Crippen LogP contribution in [0.2, 0.25) is 5.02 Å². The molecular weight excluding hydrogens is 340 g/mol. The van der Waals surface area contributed by atoms with E-state index in [2.05, 4.69) is 10.3 Å². The highest BCUT2D eigenvalue weighted by Crippen LogP contribution is 2.33. The molecule has 2 N–H and O–H groups in total. The maximum atomic E-state index is 12.5. The van der Waals surface area contributed by atoms with E-state index in [4.69, 9.17) is 11.6 Å². The van der Waals surface area contributed by atoms with E-state index < -0.39 is 11.5 Å². The summed E-state index contributed by atoms with van der Waals surface area (Å²) >= 11 is 6.05. The Morgan fingerprint density at radius 3 is 2.60 bits per heavy atom. The second-order valence-electron chi connectivity index (χ2n) is 7.26. The second-order valence-corrected chi connectivity index (χ2v) is 7.67. The largest absolute Gasteiger partial charge is 0.325 e. The van der Waals surface area contributed by atoms with Crippen LogP contribution in [0.3, 0.4) is 0 Å². The number of H-pyrrole nitrogens is 1. The van der Waals surface area contributed by atoms with Crippen LogP contribution in [0.25, 0.3) is 0 Å². The van der Waals surface area contributed by atoms with E-state index in [-0.39, 0.29) is 16.8 Å². The van der Waals surface area contributed by atoms with Gasteiger partial charge < -0.3 is 10.3 Å². The van der Waals surface area contributed by atoms with E-state index in [0.717, 1.165) is 5.56 Å². The van der Waals surface area contributed by atoms with Crippen LogP contribution in [0, 0.1) is 12.3 Å². The third-order valence-corrected chi connectivity index (χ3v) is 4.80. The van der Waals surface area contributed by atoms with Gasteiger partial charge in [-0.2, -0.15) is 0 Å². The minimum atomic E-state index is -0.568. The van der Waals surface area contributed by atoms with Gasteiger partial charge in [-0.1, -0.05) is 31.5 Å². The monoisotopic (exact) mass is 358 g/mol. The highest BCUT2D eigenvalue weighted by Gasteiger charge is 2.32. The Bertz CT molecular complexity index is 944. The Balaban J connectivity index is 1.94. The van der Waals surface area contributed by atoms with Gasteiger partial charge in [0, 0.05) is 28.4 Å². The molecule has 2 aromatic rings. The molecule has 1 aliphatic carbocycles. The van der Waals surface area contributed by atoms with Gasteiger partial charge in [0.25, 0.3) is 11.5 Å². The Hall–Kier alpha value is -2.40. The number of hydrogen-bond donors (Lipinski definition) is 2. The Kier molecular flexibility index (Phi) is 4.29. The molecule has 1 aromatic carbocycles. The molecule has 0 fully saturated rings. The molecule has 0 atom stereocenters. The summed E-state index contributed by atoms with van der Waals surface area (Å²) in [5.74, 6) is -0.628. The average Bonchev–Trinajstić information content (AvgIpc) is 2.49. The summed E-state index contributed by atoms with van der Waals surface area (Å²) in [6.07, 6.45) is 0.986. The predicted octanol–water partition coefficient (Wildman–Crippen LogP) is 3.74. The van der Waals surface area contributed by atoms with E-state index in [1.165, 1.54) is 6.07 Å². The molecule has 1 aliphatic rings. The standard InChI is InChI=1S/C19H19ClN2O3/c1-10-4-5-11(6-14(10)20)21-17(24)13-7-12-15(22-18(13)25)8-19(2,3)9-16(12)23/h4-7H,8-9H2,1-3H3,(H,21,24)(H,22,25). The molecule has 0 saturated carbocycles. The van der Waals surface area contributed by atoms with Gasteiger partial charge in [-0.05, 0) is 42.5 Å². The fourth-order valence-corrected chi connectivity index (χ4v) is 3.25. The normalized spacial score (nSPS) is 15.6. The number of Topliss-reactive ketones (excluding diaryl/α,β-unsaturated/α-hetero) is 1. The van der Waals surface area contributed by atoms with Crippen molar-refractivity contribution in [2.24, 2.45) is 5.41 Å². The first-order chi connectivity index (χ1) is 11.7. The maximum Gasteiger partial charge on any atom is 0.261 e. The Morgan fingerprint density at radius 1 is 1.20 bits per heavy atom. The third kappa shape index (κ3) is 3.51. The molecule has 0 bridgehead atoms. The van der Waals surface area contributed by atoms with Gasteiger partial charge in [0.2, 0.25) is 0 Å². The Labute approximate surface area is 150 Å². The number of fused-ring (bicyclic) bond motifs is 1. The number of anilines is 1. The summed E-state index contributed by atoms with van der Waals surface area (Å²) in [7, 11) is 0. The van der Waals surface area contributed by atoms with Gasteiger partial charge in [-0.3, -0.25) is 14.4 Å². The van der Waals surface area contributed by atoms with Crippen molar-refractivity contribution in [3.63, 3.8) is 0 Å². The zero-order valence-corrected chi connectivity index (χ0v) is 15.1. The number of ketones is 1. The third-order valence-electron chi connectivity index (χ3n) is 4.39. The van der Waals surface area contributed by atoms with Crippen LogP contribution in [0.1, 0.15) is 52.2 Å². The number of aromatic amines is 1. The minimum absolute atomic E-state index is 0.0602. The van der Waals surface area contributed by atoms with Gasteiger partial charge in [0.05, 0.1) is 0 Å². The number of aromatic nitrogens is 1. The van der Waals surface area contributed by atoms with Crippen LogP contribution < -0.4 is 10.9 Å². The number of hydrogen-bond acceptors (Lipinski definition) is 3. The Morgan fingerprint density at radius 2 is 1.92 bits per heavy atom. The molecule has 25 heavy (non-hydrogen) atoms. The molecule has 6 heteroatoms. The predicted molar refractivity (Wildman–Crippen MR) is 97.6 cm³/mol. The SMILES string of the molecule is Cc1ccc(NC(=O)c2cc3c([nH]c2=O)CC(C)(C)CC3=O)cc1Cl. The van der Waals surface area contributed by atoms with Gasteiger partial charge in [0.1, 0.15) is 5.56 Å². The number of nitrogens with one attached hydrogen (secondary N) is 2. The molecule has 3 rings (SSSR count). The molecule has 1 amide bonds. The molecule has 0 saturated heterocycles. The number of halogens is 1. The van der Waals surface area contributed by atoms with Crippen LogP contribution in [-0.4, -0.2) is 16.7 Å². The fraction of sp³-hybridized carbons (Fsp3) is 0.316. The van der Waals surface area contributed by atoms with Crippen molar-refractivity contribution in [2.45, 2.75) is 33.6 Å². The van der Waals surface area contributed by atoms with E-state index in [1.807, 2.05) is 20.8 Å². The number of carbonyl (C=O) groups is 2. The van der Waals surface area contributed by atoms with Crippen molar-refractivity contribution in [3.05, 3.63) is 62.0 Å². The molecule has 0 aliphatic heterocycles. The molecule has 130 valence electrons. The van der Waals surface area contributed by atoms with Crippen LogP contribution in [-0.2, 0) is 6.42 Å². The van der Waals surface area contributed by atoms with Gasteiger partial charge >= 0.3 is 0 Å². The second kappa shape index (κ2) is 6.15. The zero-order valence-electron chi connectivity index (χ0n) is 14.3. The summed E-state index contributed by atoms with van der Waals surface area (Å²) in [5.41, 5.74) is 1.62. The number of aryl methyl sites for hydroxylation is 1. The van der Waals surface area contributed by atoms with Crippen LogP contribution >= 0.6 is 11.6 Å². The summed E-state index contributed by atoms with van der Waals surface area (Å²) in [6.45, 7) is 5.82. The lowest BCUT2D eigenvalue weighted by molar-refractivity contribution is 0.0910. The lowest BCUT2D eigenvalue weighted by Crippen LogP contribution is -2.32. The van der Waals surface area contributed by atoms with Crippen molar-refractivity contribution >= 4 is 29.0 Å². The van der Waals surface area contributed by atoms with E-state index in [9.17, 15) is 14.4 Å². The molecule has 1 heterocycles. The van der Waals surface area contributed by atoms with Crippen molar-refractivity contribution in [3.8, 4) is 0 Å². The summed E-state index contributed by atoms with van der Waals surface area (Å²) < 4.78 is 0. The van der Waals surface area contributed by atoms with Crippen molar-refractivity contribution < 1.29 is 9.59 Å². The molecular formula is C19H19ClN2O3. The van der Waals surface area contributed by atoms with Crippen molar-refractivity contribution in [2.75, 3.05) is 5.32 Å². The summed E-state index contributed by atoms with van der Waals surface area (Å²) in [6, 6.07) is 6.51. The molecule has 1 aromatic heterocycles. The zero-order chi connectivity index (χ0) is 18.4. The van der Waals surface area contributed by atoms with Crippen LogP contribution in [0.5, 0.6) is 0 Å². The number of pyridine rings is 1. The first-order valence-electron chi connectivity index (χ1n) is 8.03. The lowest BCUT2D eigenvalue weighted by Gasteiger charge is -2.29. The quantitative estimate of drug-likeness (QED) is 0.858. The topological polar surface area (TPSA) is 79.0 Å². The van der Waals surface area contributed by atoms with E-state index >= 15 is 0 Å². The summed E-state index contributed by atoms with van der Waals surface area (Å²) in [5, 5.41) is 3.17. The lowest BCUT2D eigenvalue weighted by atomic mass is 9.75. The molecule has 0 spiro atoms. The summed E-state index contributed by atoms with van der Waals surface area (Å²) in [4.78, 5) is 39.8. The van der Waals surface area contributed by atoms with E-state index in [1.54, 1.807) is 18.2 Å². The van der Waals surface area contributed by atoms with Crippen molar-refractivity contribution in [1.29, 1.82) is 0 Å². The highest BCUT2D eigenvalue weighted by atomic mass is 35.5. The van der Waals surface area contributed by atoms with Gasteiger partial charge in [-0.25, -0.2) is 0 Å². The molecule has 5 nitrogen and oxygen atoms in total. The first-order valence-corrected chi connectivity index (χ1v) is 8.41. The number of amides is 1. The minimum Gasteiger partial charge on any atom is -0.325 e. The van der Waals surface area contributed by atoms with E-state index in [0.29, 0.717) is 34.8 Å². The van der Waals surface area contributed by atoms with Gasteiger partial charge in [-0.15, -0.1) is 0 Å². The number of rotatable bonds is 2. The smallest absolute Gasteiger partial charge is 0.261 e. The van der Waals surface area contributed by atoms with Crippen LogP contribution in [0.4, 0.5) is 5.69 Å².